The van der Waals surface area contributed by atoms with Gasteiger partial charge >= 0.3 is 6.09 Å². The van der Waals surface area contributed by atoms with E-state index < -0.39 is 59.4 Å². The van der Waals surface area contributed by atoms with Crippen molar-refractivity contribution in [2.45, 2.75) is 57.8 Å². The minimum Gasteiger partial charge on any atom is -0.443 e. The summed E-state index contributed by atoms with van der Waals surface area (Å²) in [6.07, 6.45) is -5.75. The maximum absolute atomic E-state index is 15.0. The summed E-state index contributed by atoms with van der Waals surface area (Å²) in [7, 11) is 0. The van der Waals surface area contributed by atoms with Crippen LogP contribution < -0.4 is 0 Å². The molecule has 9 heteroatoms. The number of nitrogens with zero attached hydrogens (tertiary/aromatic N) is 2. The first-order valence-corrected chi connectivity index (χ1v) is 9.55. The van der Waals surface area contributed by atoms with Crippen molar-refractivity contribution in [1.82, 2.24) is 4.90 Å². The molecule has 3 rings (SSSR count). The maximum Gasteiger partial charge on any atom is 0.416 e. The minimum atomic E-state index is -2.92. The fourth-order valence-corrected chi connectivity index (χ4v) is 4.34. The highest BCUT2D eigenvalue weighted by Crippen LogP contribution is 2.55. The number of hydrogen-bond acceptors (Lipinski definition) is 5. The van der Waals surface area contributed by atoms with Crippen LogP contribution >= 0.6 is 0 Å². The third-order valence-corrected chi connectivity index (χ3v) is 5.69. The Bertz CT molecular complexity index is 911. The highest BCUT2D eigenvalue weighted by molar-refractivity contribution is 6.00. The van der Waals surface area contributed by atoms with Crippen molar-refractivity contribution in [1.29, 1.82) is 10.7 Å². The second-order valence-electron chi connectivity index (χ2n) is 8.93. The Morgan fingerprint density at radius 2 is 2.03 bits per heavy atom. The molecule has 0 bridgehead atoms. The number of fused-ring (bicyclic) bond motifs is 1. The zero-order chi connectivity index (χ0) is 22.5. The van der Waals surface area contributed by atoms with Crippen molar-refractivity contribution >= 4 is 11.9 Å². The van der Waals surface area contributed by atoms with Crippen molar-refractivity contribution in [3.8, 4) is 6.07 Å². The lowest BCUT2D eigenvalue weighted by Gasteiger charge is -2.52. The van der Waals surface area contributed by atoms with Gasteiger partial charge in [0.15, 0.2) is 0 Å². The normalized spacial score (nSPS) is 31.4. The number of nitrogens with one attached hydrogen (secondary N) is 1. The Morgan fingerprint density at radius 1 is 1.40 bits per heavy atom. The molecule has 2 saturated heterocycles. The first-order valence-electron chi connectivity index (χ1n) is 9.55. The molecule has 162 valence electrons. The molecule has 2 aliphatic rings. The van der Waals surface area contributed by atoms with Gasteiger partial charge in [0.25, 0.3) is 6.43 Å². The number of alkyl halides is 2. The minimum absolute atomic E-state index is 0.0475. The van der Waals surface area contributed by atoms with Crippen LogP contribution in [0.5, 0.6) is 0 Å². The lowest BCUT2D eigenvalue weighted by Crippen LogP contribution is -2.66. The van der Waals surface area contributed by atoms with E-state index in [4.69, 9.17) is 14.9 Å². The topological polar surface area (TPSA) is 86.4 Å². The summed E-state index contributed by atoms with van der Waals surface area (Å²) in [5, 5.41) is 18.4. The van der Waals surface area contributed by atoms with Crippen molar-refractivity contribution in [3.05, 3.63) is 35.6 Å². The first kappa shape index (κ1) is 22.1. The number of benzene rings is 1. The van der Waals surface area contributed by atoms with Gasteiger partial charge in [-0.05, 0) is 40.2 Å². The molecule has 4 atom stereocenters. The molecule has 1 aromatic carbocycles. The Labute approximate surface area is 173 Å². The van der Waals surface area contributed by atoms with Crippen LogP contribution in [0.25, 0.3) is 0 Å². The zero-order valence-electron chi connectivity index (χ0n) is 17.2. The van der Waals surface area contributed by atoms with Gasteiger partial charge in [-0.15, -0.1) is 0 Å². The number of amidine groups is 1. The fourth-order valence-electron chi connectivity index (χ4n) is 4.34. The molecule has 1 unspecified atom stereocenters. The van der Waals surface area contributed by atoms with E-state index in [-0.39, 0.29) is 12.0 Å². The molecular formula is C21H24F3N3O3. The molecule has 2 heterocycles. The average Bonchev–Trinajstić information content (AvgIpc) is 3.00. The molecule has 1 amide bonds. The quantitative estimate of drug-likeness (QED) is 0.762. The number of rotatable bonds is 2. The van der Waals surface area contributed by atoms with Crippen molar-refractivity contribution in [2.24, 2.45) is 11.3 Å². The van der Waals surface area contributed by atoms with E-state index in [1.165, 1.54) is 25.1 Å². The van der Waals surface area contributed by atoms with Gasteiger partial charge in [-0.2, -0.15) is 5.26 Å². The number of piperidine rings is 1. The van der Waals surface area contributed by atoms with Crippen LogP contribution in [0.2, 0.25) is 0 Å². The van der Waals surface area contributed by atoms with E-state index >= 15 is 0 Å². The van der Waals surface area contributed by atoms with Crippen LogP contribution in [0.1, 0.15) is 39.7 Å². The molecule has 1 N–H and O–H groups in total. The first-order chi connectivity index (χ1) is 13.9. The summed E-state index contributed by atoms with van der Waals surface area (Å²) in [6.45, 7) is 5.79. The largest absolute Gasteiger partial charge is 0.443 e. The van der Waals surface area contributed by atoms with Crippen LogP contribution in [0.4, 0.5) is 18.0 Å². The van der Waals surface area contributed by atoms with Crippen molar-refractivity contribution in [2.75, 3.05) is 6.61 Å². The molecule has 0 aromatic heterocycles. The monoisotopic (exact) mass is 423 g/mol. The second kappa shape index (κ2) is 7.27. The Balaban J connectivity index is 2.28. The van der Waals surface area contributed by atoms with E-state index in [9.17, 15) is 23.2 Å². The zero-order valence-corrected chi connectivity index (χ0v) is 17.2. The van der Waals surface area contributed by atoms with Gasteiger partial charge in [-0.3, -0.25) is 10.3 Å². The van der Waals surface area contributed by atoms with Gasteiger partial charge in [0, 0.05) is 11.5 Å². The fraction of sp³-hybridized carbons (Fsp3) is 0.571. The second-order valence-corrected chi connectivity index (χ2v) is 8.93. The number of ether oxygens (including phenoxy) is 2. The number of halogens is 3. The SMILES string of the molecule is CC(C)(C)OC(=O)N1C(=N)C(C)(C#N)C[C@@H]2[C@@H](C(F)F)OC[C@@]21c1ccccc1F. The summed E-state index contributed by atoms with van der Waals surface area (Å²) < 4.78 is 53.5. The third-order valence-electron chi connectivity index (χ3n) is 5.69. The van der Waals surface area contributed by atoms with Gasteiger partial charge < -0.3 is 9.47 Å². The molecule has 0 radical (unpaired) electrons. The predicted molar refractivity (Wildman–Crippen MR) is 101 cm³/mol. The van der Waals surface area contributed by atoms with Crippen LogP contribution in [0.3, 0.4) is 0 Å². The molecule has 0 saturated carbocycles. The Kier molecular flexibility index (Phi) is 5.35. The Morgan fingerprint density at radius 3 is 2.57 bits per heavy atom. The van der Waals surface area contributed by atoms with E-state index in [0.29, 0.717) is 0 Å². The number of carbonyl (C=O) groups excluding carboxylic acids is 1. The molecular weight excluding hydrogens is 399 g/mol. The maximum atomic E-state index is 15.0. The predicted octanol–water partition coefficient (Wildman–Crippen LogP) is 4.45. The smallest absolute Gasteiger partial charge is 0.416 e. The van der Waals surface area contributed by atoms with Crippen molar-refractivity contribution < 1.29 is 27.4 Å². The van der Waals surface area contributed by atoms with Gasteiger partial charge in [-0.25, -0.2) is 18.0 Å². The number of amides is 1. The summed E-state index contributed by atoms with van der Waals surface area (Å²) in [5.74, 6) is -2.28. The third kappa shape index (κ3) is 3.33. The van der Waals surface area contributed by atoms with E-state index in [2.05, 4.69) is 0 Å². The van der Waals surface area contributed by atoms with Gasteiger partial charge in [0.2, 0.25) is 0 Å². The van der Waals surface area contributed by atoms with E-state index in [1.807, 2.05) is 6.07 Å². The van der Waals surface area contributed by atoms with Crippen LogP contribution in [0.15, 0.2) is 24.3 Å². The van der Waals surface area contributed by atoms with Crippen LogP contribution in [-0.4, -0.2) is 41.6 Å². The molecule has 30 heavy (non-hydrogen) atoms. The lowest BCUT2D eigenvalue weighted by atomic mass is 9.64. The lowest BCUT2D eigenvalue weighted by molar-refractivity contribution is -0.0461. The molecule has 2 fully saturated rings. The van der Waals surface area contributed by atoms with Gasteiger partial charge in [0.05, 0.1) is 12.7 Å². The van der Waals surface area contributed by atoms with E-state index in [1.54, 1.807) is 20.8 Å². The average molecular weight is 423 g/mol. The number of carbonyl (C=O) groups is 1. The molecule has 6 nitrogen and oxygen atoms in total. The standard InChI is InChI=1S/C21H24F3N3O3/c1-19(2,3)30-18(28)27-17(26)20(4,10-25)9-13-15(16(23)24)29-11-21(13,27)12-7-5-6-8-14(12)22/h5-8,13,15-16,26H,9,11H2,1-4H3/t13-,15+,20?,21-/m1/s1. The summed E-state index contributed by atoms with van der Waals surface area (Å²) in [5.41, 5.74) is -4.31. The number of nitriles is 1. The van der Waals surface area contributed by atoms with Crippen LogP contribution in [0, 0.1) is 33.9 Å². The number of likely N-dealkylation sites (tertiary alicyclic amines) is 1. The number of hydrogen-bond donors (Lipinski definition) is 1. The summed E-state index contributed by atoms with van der Waals surface area (Å²) >= 11 is 0. The highest BCUT2D eigenvalue weighted by Gasteiger charge is 2.66. The van der Waals surface area contributed by atoms with Gasteiger partial charge in [0.1, 0.15) is 34.3 Å². The summed E-state index contributed by atoms with van der Waals surface area (Å²) in [6, 6.07) is 7.48. The van der Waals surface area contributed by atoms with E-state index in [0.717, 1.165) is 11.0 Å². The van der Waals surface area contributed by atoms with Crippen molar-refractivity contribution in [3.63, 3.8) is 0 Å². The Hall–Kier alpha value is -2.60. The molecule has 1 aromatic rings. The summed E-state index contributed by atoms with van der Waals surface area (Å²) in [4.78, 5) is 14.1. The van der Waals surface area contributed by atoms with Gasteiger partial charge in [-0.1, -0.05) is 18.2 Å². The molecule has 2 aliphatic heterocycles. The highest BCUT2D eigenvalue weighted by atomic mass is 19.3. The van der Waals surface area contributed by atoms with Crippen LogP contribution in [-0.2, 0) is 15.0 Å². The molecule has 0 aliphatic carbocycles. The molecule has 0 spiro atoms.